The van der Waals surface area contributed by atoms with E-state index in [1.54, 1.807) is 12.1 Å². The summed E-state index contributed by atoms with van der Waals surface area (Å²) in [5, 5.41) is 10.2. The van der Waals surface area contributed by atoms with E-state index in [1.807, 2.05) is 0 Å². The van der Waals surface area contributed by atoms with Crippen molar-refractivity contribution in [3.63, 3.8) is 0 Å². The van der Waals surface area contributed by atoms with Gasteiger partial charge in [-0.1, -0.05) is 0 Å². The van der Waals surface area contributed by atoms with Crippen molar-refractivity contribution in [2.75, 3.05) is 13.2 Å². The second-order valence-electron chi connectivity index (χ2n) is 4.35. The monoisotopic (exact) mass is 311 g/mol. The van der Waals surface area contributed by atoms with Gasteiger partial charge in [0.1, 0.15) is 29.0 Å². The Morgan fingerprint density at radius 1 is 1.39 bits per heavy atom. The van der Waals surface area contributed by atoms with Gasteiger partial charge in [0, 0.05) is 5.56 Å². The lowest BCUT2D eigenvalue weighted by molar-refractivity contribution is 0.169. The molecule has 0 radical (unpaired) electrons. The van der Waals surface area contributed by atoms with Crippen LogP contribution < -0.4 is 9.47 Å². The van der Waals surface area contributed by atoms with E-state index in [1.165, 1.54) is 0 Å². The minimum Gasteiger partial charge on any atom is -0.506 e. The highest BCUT2D eigenvalue weighted by molar-refractivity contribution is 9.10. The fourth-order valence-electron chi connectivity index (χ4n) is 2.14. The Morgan fingerprint density at radius 2 is 2.11 bits per heavy atom. The molecule has 1 aromatic carbocycles. The molecule has 1 fully saturated rings. The minimum atomic E-state index is -0.635. The fourth-order valence-corrected chi connectivity index (χ4v) is 2.66. The highest BCUT2D eigenvalue weighted by Gasteiger charge is 2.48. The molecule has 1 N–H and O–H groups in total. The Kier molecular flexibility index (Phi) is 2.57. The topological polar surface area (TPSA) is 68.1 Å². The lowest BCUT2D eigenvalue weighted by atomic mass is 10.0. The molecule has 0 saturated heterocycles. The number of hydrogen-bond donors (Lipinski definition) is 1. The van der Waals surface area contributed by atoms with Gasteiger partial charge in [-0.15, -0.1) is 0 Å². The molecule has 1 aliphatic carbocycles. The van der Waals surface area contributed by atoms with E-state index in [2.05, 4.69) is 20.9 Å². The van der Waals surface area contributed by atoms with Gasteiger partial charge >= 0.3 is 0 Å². The largest absolute Gasteiger partial charge is 0.506 e. The van der Waals surface area contributed by atoms with Gasteiger partial charge in [-0.2, -0.15) is 4.99 Å². The molecule has 0 amide bonds. The molecule has 0 aromatic heterocycles. The third-order valence-electron chi connectivity index (χ3n) is 3.23. The van der Waals surface area contributed by atoms with Crippen molar-refractivity contribution in [1.29, 1.82) is 0 Å². The number of fused-ring (bicyclic) bond motifs is 1. The van der Waals surface area contributed by atoms with Gasteiger partial charge < -0.3 is 14.6 Å². The minimum absolute atomic E-state index is 0.0516. The number of phenolic OH excluding ortho intramolecular Hbond substituents is 1. The quantitative estimate of drug-likeness (QED) is 0.672. The van der Waals surface area contributed by atoms with Gasteiger partial charge in [-0.05, 0) is 34.8 Å². The van der Waals surface area contributed by atoms with Crippen LogP contribution in [0, 0.1) is 0 Å². The van der Waals surface area contributed by atoms with E-state index in [4.69, 9.17) is 9.47 Å². The first-order chi connectivity index (χ1) is 8.68. The number of aliphatic imine (C=N–C) groups is 1. The summed E-state index contributed by atoms with van der Waals surface area (Å²) in [6, 6.07) is 1.70. The van der Waals surface area contributed by atoms with Crippen LogP contribution in [0.25, 0.3) is 0 Å². The average Bonchev–Trinajstić information content (AvgIpc) is 3.15. The van der Waals surface area contributed by atoms with Crippen LogP contribution in [0.15, 0.2) is 15.5 Å². The average molecular weight is 312 g/mol. The Morgan fingerprint density at radius 3 is 2.78 bits per heavy atom. The number of isocyanates is 1. The summed E-state index contributed by atoms with van der Waals surface area (Å²) < 4.78 is 11.4. The van der Waals surface area contributed by atoms with E-state index in [-0.39, 0.29) is 5.75 Å². The van der Waals surface area contributed by atoms with E-state index < -0.39 is 5.54 Å². The number of carbonyl (C=O) groups excluding carboxylic acids is 1. The standard InChI is InChI=1S/C12H10BrNO4/c13-9-10(16)7(12(1-2-12)14-6-15)5-8-11(9)18-4-3-17-8/h5,16H,1-4H2. The summed E-state index contributed by atoms with van der Waals surface area (Å²) in [6.07, 6.45) is 3.02. The zero-order valence-electron chi connectivity index (χ0n) is 9.40. The molecule has 94 valence electrons. The summed E-state index contributed by atoms with van der Waals surface area (Å²) in [7, 11) is 0. The summed E-state index contributed by atoms with van der Waals surface area (Å²) in [5.74, 6) is 1.11. The summed E-state index contributed by atoms with van der Waals surface area (Å²) in [5.41, 5.74) is -0.0496. The summed E-state index contributed by atoms with van der Waals surface area (Å²) >= 11 is 3.29. The maximum absolute atomic E-state index is 10.5. The highest BCUT2D eigenvalue weighted by Crippen LogP contribution is 2.57. The van der Waals surface area contributed by atoms with Crippen LogP contribution in [0.4, 0.5) is 0 Å². The number of halogens is 1. The van der Waals surface area contributed by atoms with E-state index in [9.17, 15) is 9.90 Å². The van der Waals surface area contributed by atoms with Crippen molar-refractivity contribution >= 4 is 22.0 Å². The number of hydrogen-bond acceptors (Lipinski definition) is 5. The number of ether oxygens (including phenoxy) is 2. The van der Waals surface area contributed by atoms with Gasteiger partial charge in [-0.3, -0.25) is 0 Å². The molecule has 1 saturated carbocycles. The number of nitrogens with zero attached hydrogens (tertiary/aromatic N) is 1. The second-order valence-corrected chi connectivity index (χ2v) is 5.14. The first-order valence-electron chi connectivity index (χ1n) is 5.58. The molecule has 5 nitrogen and oxygen atoms in total. The smallest absolute Gasteiger partial charge is 0.235 e. The van der Waals surface area contributed by atoms with E-state index in [0.29, 0.717) is 34.7 Å². The Balaban J connectivity index is 2.16. The molecule has 18 heavy (non-hydrogen) atoms. The number of rotatable bonds is 2. The molecule has 0 atom stereocenters. The Labute approximate surface area is 112 Å². The zero-order chi connectivity index (χ0) is 12.8. The first kappa shape index (κ1) is 11.6. The molecule has 0 bridgehead atoms. The third kappa shape index (κ3) is 1.61. The van der Waals surface area contributed by atoms with Crippen LogP contribution in [0.2, 0.25) is 0 Å². The van der Waals surface area contributed by atoms with Crippen LogP contribution >= 0.6 is 15.9 Å². The lowest BCUT2D eigenvalue weighted by Crippen LogP contribution is -2.17. The van der Waals surface area contributed by atoms with Crippen molar-refractivity contribution in [1.82, 2.24) is 0 Å². The molecule has 3 rings (SSSR count). The van der Waals surface area contributed by atoms with E-state index in [0.717, 1.165) is 12.8 Å². The predicted octanol–water partition coefficient (Wildman–Crippen LogP) is 2.25. The van der Waals surface area contributed by atoms with Gasteiger partial charge in [-0.25, -0.2) is 4.79 Å². The maximum Gasteiger partial charge on any atom is 0.235 e. The molecule has 1 aromatic rings. The van der Waals surface area contributed by atoms with Crippen LogP contribution in [0.1, 0.15) is 18.4 Å². The Hall–Kier alpha value is -1.52. The number of aromatic hydroxyl groups is 1. The van der Waals surface area contributed by atoms with Gasteiger partial charge in [0.15, 0.2) is 11.5 Å². The Bertz CT molecular complexity index is 562. The molecular formula is C12H10BrNO4. The van der Waals surface area contributed by atoms with Crippen LogP contribution in [0.3, 0.4) is 0 Å². The van der Waals surface area contributed by atoms with Crippen LogP contribution in [-0.2, 0) is 10.3 Å². The first-order valence-corrected chi connectivity index (χ1v) is 6.38. The predicted molar refractivity (Wildman–Crippen MR) is 65.8 cm³/mol. The van der Waals surface area contributed by atoms with Crippen molar-refractivity contribution in [3.05, 3.63) is 16.1 Å². The number of benzene rings is 1. The van der Waals surface area contributed by atoms with Gasteiger partial charge in [0.2, 0.25) is 6.08 Å². The molecule has 1 aliphatic heterocycles. The molecule has 0 unspecified atom stereocenters. The van der Waals surface area contributed by atoms with Gasteiger partial charge in [0.25, 0.3) is 0 Å². The normalized spacial score (nSPS) is 18.9. The molecule has 1 heterocycles. The van der Waals surface area contributed by atoms with Crippen molar-refractivity contribution in [2.45, 2.75) is 18.4 Å². The fraction of sp³-hybridized carbons (Fsp3) is 0.417. The number of phenols is 1. The third-order valence-corrected chi connectivity index (χ3v) is 3.97. The van der Waals surface area contributed by atoms with Crippen LogP contribution in [-0.4, -0.2) is 24.4 Å². The summed E-state index contributed by atoms with van der Waals surface area (Å²) in [4.78, 5) is 14.3. The van der Waals surface area contributed by atoms with Crippen molar-refractivity contribution in [3.8, 4) is 17.2 Å². The van der Waals surface area contributed by atoms with Crippen LogP contribution in [0.5, 0.6) is 17.2 Å². The lowest BCUT2D eigenvalue weighted by Gasteiger charge is -2.22. The molecule has 0 spiro atoms. The SMILES string of the molecule is O=C=NC1(c2cc3c(c(Br)c2O)OCCO3)CC1. The molecule has 6 heteroatoms. The highest BCUT2D eigenvalue weighted by atomic mass is 79.9. The molecule has 2 aliphatic rings. The second kappa shape index (κ2) is 4.00. The maximum atomic E-state index is 10.5. The van der Waals surface area contributed by atoms with Crippen molar-refractivity contribution < 1.29 is 19.4 Å². The zero-order valence-corrected chi connectivity index (χ0v) is 11.0. The van der Waals surface area contributed by atoms with Crippen molar-refractivity contribution in [2.24, 2.45) is 4.99 Å². The summed E-state index contributed by atoms with van der Waals surface area (Å²) in [6.45, 7) is 0.912. The van der Waals surface area contributed by atoms with Gasteiger partial charge in [0.05, 0.1) is 0 Å². The molecular weight excluding hydrogens is 302 g/mol. The van der Waals surface area contributed by atoms with E-state index >= 15 is 0 Å².